The fourth-order valence-electron chi connectivity index (χ4n) is 0.760. The Hall–Kier alpha value is -0.552. The van der Waals surface area contributed by atoms with Gasteiger partial charge in [-0.3, -0.25) is 0 Å². The van der Waals surface area contributed by atoms with Crippen LogP contribution >= 0.6 is 0 Å². The van der Waals surface area contributed by atoms with Gasteiger partial charge in [0.1, 0.15) is 0 Å². The first-order chi connectivity index (χ1) is 6.57. The minimum atomic E-state index is 0.487. The minimum absolute atomic E-state index is 0.487. The molecule has 0 radical (unpaired) electrons. The van der Waals surface area contributed by atoms with Gasteiger partial charge in [-0.1, -0.05) is 0 Å². The molecule has 0 bridgehead atoms. The van der Waals surface area contributed by atoms with E-state index in [1.165, 1.54) is 19.4 Å². The summed E-state index contributed by atoms with van der Waals surface area (Å²) < 4.78 is 1.10. The number of allylic oxidation sites excluding steroid dienone is 2. The second-order valence-corrected chi connectivity index (χ2v) is 4.30. The van der Waals surface area contributed by atoms with Crippen molar-refractivity contribution < 1.29 is 19.4 Å². The van der Waals surface area contributed by atoms with Gasteiger partial charge in [-0.25, -0.2) is 0 Å². The van der Waals surface area contributed by atoms with Crippen molar-refractivity contribution in [2.45, 2.75) is 13.8 Å². The van der Waals surface area contributed by atoms with Gasteiger partial charge in [-0.2, -0.15) is 0 Å². The van der Waals surface area contributed by atoms with Crippen LogP contribution in [0.15, 0.2) is 17.2 Å². The Balaban J connectivity index is 3.86. The molecule has 0 aliphatic carbocycles. The number of nitrogens with one attached hydrogen (secondary N) is 2. The van der Waals surface area contributed by atoms with Crippen LogP contribution in [0.1, 0.15) is 13.8 Å². The average Bonchev–Trinajstić information content (AvgIpc) is 2.11. The first-order valence-electron chi connectivity index (χ1n) is 4.21. The third-order valence-electron chi connectivity index (χ3n) is 1.35. The Labute approximate surface area is 96.5 Å². The van der Waals surface area contributed by atoms with Crippen LogP contribution in [0.25, 0.3) is 4.85 Å². The molecule has 0 saturated carbocycles. The van der Waals surface area contributed by atoms with E-state index >= 15 is 0 Å². The van der Waals surface area contributed by atoms with Gasteiger partial charge in [0.2, 0.25) is 0 Å². The predicted octanol–water partition coefficient (Wildman–Crippen LogP) is 1.00. The molecule has 3 nitrogen and oxygen atoms in total. The van der Waals surface area contributed by atoms with Crippen molar-refractivity contribution in [3.8, 4) is 0 Å². The normalized spacial score (nSPS) is 10.8. The molecule has 0 amide bonds. The zero-order chi connectivity index (χ0) is 11.0. The van der Waals surface area contributed by atoms with E-state index in [1.54, 1.807) is 0 Å². The van der Waals surface area contributed by atoms with Crippen LogP contribution < -0.4 is 10.9 Å². The topological polar surface area (TPSA) is 28.4 Å². The van der Waals surface area contributed by atoms with Crippen LogP contribution in [0.4, 0.5) is 0 Å². The summed E-state index contributed by atoms with van der Waals surface area (Å²) in [6.07, 6.45) is 1.92. The summed E-state index contributed by atoms with van der Waals surface area (Å²) in [6.45, 7) is 17.1. The summed E-state index contributed by atoms with van der Waals surface area (Å²) >= 11 is 1.34. The van der Waals surface area contributed by atoms with E-state index in [0.29, 0.717) is 13.1 Å². The van der Waals surface area contributed by atoms with Gasteiger partial charge in [-0.15, -0.1) is 0 Å². The number of nitrogens with zero attached hydrogens (tertiary/aromatic N) is 1. The number of hydrogen-bond donors (Lipinski definition) is 2. The maximum absolute atomic E-state index is 6.59. The van der Waals surface area contributed by atoms with Crippen molar-refractivity contribution in [3.05, 3.63) is 35.2 Å². The molecule has 2 N–H and O–H groups in total. The van der Waals surface area contributed by atoms with E-state index in [9.17, 15) is 0 Å². The van der Waals surface area contributed by atoms with Crippen molar-refractivity contribution in [1.29, 1.82) is 0 Å². The number of hydrogen-bond acceptors (Lipinski definition) is 2. The first kappa shape index (κ1) is 13.4. The third-order valence-corrected chi connectivity index (χ3v) is 2.88. The fraction of sp³-hybridized carbons (Fsp3) is 0.400. The summed E-state index contributed by atoms with van der Waals surface area (Å²) in [7, 11) is 0. The van der Waals surface area contributed by atoms with Gasteiger partial charge in [0.25, 0.3) is 0 Å². The molecule has 0 atom stereocenters. The van der Waals surface area contributed by atoms with E-state index in [0.717, 1.165) is 15.2 Å². The molecule has 14 heavy (non-hydrogen) atoms. The third kappa shape index (κ3) is 6.91. The second-order valence-electron chi connectivity index (χ2n) is 2.83. The summed E-state index contributed by atoms with van der Waals surface area (Å²) in [4.78, 5) is 3.23. The van der Waals surface area contributed by atoms with Crippen molar-refractivity contribution >= 4 is 4.02 Å². The molecule has 0 spiro atoms. The zero-order valence-electron chi connectivity index (χ0n) is 8.42. The summed E-state index contributed by atoms with van der Waals surface area (Å²) in [5.41, 5.74) is 7.93. The van der Waals surface area contributed by atoms with Crippen LogP contribution in [-0.2, 0) is 19.4 Å². The predicted molar refractivity (Wildman–Crippen MR) is 54.9 cm³/mol. The van der Waals surface area contributed by atoms with Crippen molar-refractivity contribution in [3.63, 3.8) is 0 Å². The molecule has 0 aliphatic heterocycles. The zero-order valence-corrected chi connectivity index (χ0v) is 11.4. The molecular formula is C10H14N3W-. The van der Waals surface area contributed by atoms with E-state index in [1.807, 2.05) is 19.9 Å². The molecule has 0 unspecified atom stereocenters. The van der Waals surface area contributed by atoms with Crippen LogP contribution in [-0.4, -0.2) is 17.1 Å². The molecule has 0 aromatic carbocycles. The molecule has 0 heterocycles. The van der Waals surface area contributed by atoms with Gasteiger partial charge in [0.05, 0.1) is 0 Å². The number of hydrazine groups is 1. The summed E-state index contributed by atoms with van der Waals surface area (Å²) in [5.74, 6) is 0. The second kappa shape index (κ2) is 7.82. The van der Waals surface area contributed by atoms with E-state index in [-0.39, 0.29) is 0 Å². The van der Waals surface area contributed by atoms with Gasteiger partial charge < -0.3 is 0 Å². The Morgan fingerprint density at radius 1 is 1.57 bits per heavy atom. The average molecular weight is 360 g/mol. The van der Waals surface area contributed by atoms with E-state index in [2.05, 4.69) is 15.7 Å². The Bertz CT molecular complexity index is 286. The first-order valence-corrected chi connectivity index (χ1v) is 5.68. The monoisotopic (exact) mass is 360 g/mol. The van der Waals surface area contributed by atoms with Gasteiger partial charge in [-0.05, 0) is 0 Å². The van der Waals surface area contributed by atoms with Crippen LogP contribution in [0.2, 0.25) is 0 Å². The molecule has 0 aromatic rings. The quantitative estimate of drug-likeness (QED) is 0.320. The SMILES string of the molecule is [C-]#[N+]CCNN[C](=[W])/C(C)=C\C(=[CH-])C. The molecular weight excluding hydrogens is 346 g/mol. The number of rotatable bonds is 6. The molecule has 0 aromatic heterocycles. The van der Waals surface area contributed by atoms with Gasteiger partial charge in [0.15, 0.2) is 0 Å². The van der Waals surface area contributed by atoms with Crippen LogP contribution in [0.3, 0.4) is 0 Å². The van der Waals surface area contributed by atoms with E-state index in [4.69, 9.17) is 13.2 Å². The molecule has 4 heteroatoms. The van der Waals surface area contributed by atoms with Crippen molar-refractivity contribution in [1.82, 2.24) is 10.9 Å². The Kier molecular flexibility index (Phi) is 7.51. The maximum atomic E-state index is 6.59. The fourth-order valence-corrected chi connectivity index (χ4v) is 1.23. The Morgan fingerprint density at radius 2 is 2.21 bits per heavy atom. The molecule has 0 aliphatic rings. The van der Waals surface area contributed by atoms with Gasteiger partial charge in [0, 0.05) is 0 Å². The van der Waals surface area contributed by atoms with Crippen LogP contribution in [0, 0.1) is 13.2 Å². The van der Waals surface area contributed by atoms with Crippen molar-refractivity contribution in [2.24, 2.45) is 0 Å². The Morgan fingerprint density at radius 3 is 2.71 bits per heavy atom. The molecule has 0 rings (SSSR count). The summed E-state index contributed by atoms with van der Waals surface area (Å²) in [6, 6.07) is 0. The molecule has 0 saturated heterocycles. The van der Waals surface area contributed by atoms with Gasteiger partial charge >= 0.3 is 96.4 Å². The molecule has 0 fully saturated rings. The van der Waals surface area contributed by atoms with Crippen molar-refractivity contribution in [2.75, 3.05) is 13.1 Å². The summed E-state index contributed by atoms with van der Waals surface area (Å²) in [5, 5.41) is 0. The molecule has 76 valence electrons. The van der Waals surface area contributed by atoms with Crippen LogP contribution in [0.5, 0.6) is 0 Å². The standard InChI is InChI=1S/C10H14N3.W/c1-9(2)7-10(3)8-13-12-6-5-11-4;/h1,7,12-13H,5-6H2,2-3H3;/q-1;/b10-7-;. The van der Waals surface area contributed by atoms with E-state index < -0.39 is 0 Å².